The number of carbonyl (C=O) groups is 1. The molecular weight excluding hydrogens is 168 g/mol. The summed E-state index contributed by atoms with van der Waals surface area (Å²) in [6.45, 7) is 4.97. The molecule has 0 aliphatic rings. The first-order valence-corrected chi connectivity index (χ1v) is 3.77. The van der Waals surface area contributed by atoms with Gasteiger partial charge in [-0.1, -0.05) is 18.7 Å². The van der Waals surface area contributed by atoms with Gasteiger partial charge in [-0.3, -0.25) is 0 Å². The zero-order valence-corrected chi connectivity index (χ0v) is 7.28. The molecule has 0 fully saturated rings. The Balaban J connectivity index is 2.81. The molecule has 3 nitrogen and oxygen atoms in total. The van der Waals surface area contributed by atoms with Crippen molar-refractivity contribution < 1.29 is 14.6 Å². The molecule has 0 bridgehead atoms. The number of phenolic OH excluding ortho intramolecular Hbond substituents is 1. The van der Waals surface area contributed by atoms with E-state index in [0.29, 0.717) is 5.57 Å². The fraction of sp³-hybridized carbons (Fsp3) is 0.100. The molecule has 0 saturated carbocycles. The summed E-state index contributed by atoms with van der Waals surface area (Å²) in [5.74, 6) is -0.450. The van der Waals surface area contributed by atoms with Crippen molar-refractivity contribution in [3.8, 4) is 11.5 Å². The summed E-state index contributed by atoms with van der Waals surface area (Å²) in [4.78, 5) is 11.0. The number of rotatable bonds is 2. The van der Waals surface area contributed by atoms with Crippen molar-refractivity contribution in [3.05, 3.63) is 36.4 Å². The van der Waals surface area contributed by atoms with Gasteiger partial charge in [0, 0.05) is 5.57 Å². The van der Waals surface area contributed by atoms with Crippen LogP contribution < -0.4 is 4.74 Å². The number of hydrogen-bond acceptors (Lipinski definition) is 3. The van der Waals surface area contributed by atoms with Gasteiger partial charge in [0.25, 0.3) is 0 Å². The molecule has 0 heterocycles. The van der Waals surface area contributed by atoms with Crippen molar-refractivity contribution in [1.82, 2.24) is 0 Å². The van der Waals surface area contributed by atoms with Crippen LogP contribution in [-0.2, 0) is 4.79 Å². The minimum absolute atomic E-state index is 0.0582. The smallest absolute Gasteiger partial charge is 0.338 e. The second kappa shape index (κ2) is 3.76. The third kappa shape index (κ3) is 2.33. The molecule has 3 heteroatoms. The van der Waals surface area contributed by atoms with E-state index in [4.69, 9.17) is 4.74 Å². The Morgan fingerprint density at radius 3 is 2.62 bits per heavy atom. The minimum Gasteiger partial charge on any atom is -0.504 e. The molecule has 68 valence electrons. The molecule has 0 aliphatic heterocycles. The number of para-hydroxylation sites is 2. The van der Waals surface area contributed by atoms with Gasteiger partial charge < -0.3 is 9.84 Å². The summed E-state index contributed by atoms with van der Waals surface area (Å²) in [6, 6.07) is 6.27. The molecule has 1 aromatic carbocycles. The second-order valence-corrected chi connectivity index (χ2v) is 2.64. The summed E-state index contributed by atoms with van der Waals surface area (Å²) < 4.78 is 4.82. The lowest BCUT2D eigenvalue weighted by atomic mass is 10.3. The maximum atomic E-state index is 11.0. The molecule has 0 radical (unpaired) electrons. The van der Waals surface area contributed by atoms with Crippen molar-refractivity contribution >= 4 is 5.97 Å². The third-order valence-corrected chi connectivity index (χ3v) is 1.42. The molecule has 13 heavy (non-hydrogen) atoms. The molecule has 0 saturated heterocycles. The van der Waals surface area contributed by atoms with Crippen molar-refractivity contribution in [2.75, 3.05) is 0 Å². The summed E-state index contributed by atoms with van der Waals surface area (Å²) in [6.07, 6.45) is 0. The lowest BCUT2D eigenvalue weighted by Gasteiger charge is -2.04. The van der Waals surface area contributed by atoms with Crippen LogP contribution in [0, 0.1) is 0 Å². The average Bonchev–Trinajstić information content (AvgIpc) is 2.08. The van der Waals surface area contributed by atoms with E-state index in [-0.39, 0.29) is 11.5 Å². The Morgan fingerprint density at radius 1 is 1.46 bits per heavy atom. The minimum atomic E-state index is -0.540. The van der Waals surface area contributed by atoms with E-state index in [1.807, 2.05) is 0 Å². The Bertz CT molecular complexity index is 342. The van der Waals surface area contributed by atoms with Gasteiger partial charge in [0.05, 0.1) is 0 Å². The quantitative estimate of drug-likeness (QED) is 0.427. The summed E-state index contributed by atoms with van der Waals surface area (Å²) >= 11 is 0. The largest absolute Gasteiger partial charge is 0.504 e. The van der Waals surface area contributed by atoms with Crippen LogP contribution in [0.3, 0.4) is 0 Å². The Kier molecular flexibility index (Phi) is 2.69. The zero-order chi connectivity index (χ0) is 9.84. The normalized spacial score (nSPS) is 9.31. The number of carbonyl (C=O) groups excluding carboxylic acids is 1. The predicted octanol–water partition coefficient (Wildman–Crippen LogP) is 1.87. The Morgan fingerprint density at radius 2 is 2.08 bits per heavy atom. The summed E-state index contributed by atoms with van der Waals surface area (Å²) in [7, 11) is 0. The molecule has 1 N–H and O–H groups in total. The molecule has 1 aromatic rings. The predicted molar refractivity (Wildman–Crippen MR) is 48.6 cm³/mol. The summed E-state index contributed by atoms with van der Waals surface area (Å²) in [5, 5.41) is 9.23. The maximum Gasteiger partial charge on any atom is 0.338 e. The van der Waals surface area contributed by atoms with Gasteiger partial charge >= 0.3 is 5.97 Å². The number of esters is 1. The lowest BCUT2D eigenvalue weighted by molar-refractivity contribution is -0.130. The number of ether oxygens (including phenoxy) is 1. The number of phenols is 1. The topological polar surface area (TPSA) is 46.5 Å². The van der Waals surface area contributed by atoms with Crippen molar-refractivity contribution in [1.29, 1.82) is 0 Å². The van der Waals surface area contributed by atoms with Crippen LogP contribution in [0.2, 0.25) is 0 Å². The van der Waals surface area contributed by atoms with E-state index in [9.17, 15) is 9.90 Å². The highest BCUT2D eigenvalue weighted by atomic mass is 16.5. The molecule has 0 aromatic heterocycles. The van der Waals surface area contributed by atoms with Gasteiger partial charge in [-0.15, -0.1) is 0 Å². The average molecular weight is 178 g/mol. The van der Waals surface area contributed by atoms with Crippen LogP contribution in [0.4, 0.5) is 0 Å². The van der Waals surface area contributed by atoms with Gasteiger partial charge in [0.2, 0.25) is 0 Å². The standard InChI is InChI=1S/C10H10O3/c1-7(2)10(12)13-9-6-4-3-5-8(9)11/h3-6,11H,1H2,2H3. The van der Waals surface area contributed by atoms with Crippen molar-refractivity contribution in [2.45, 2.75) is 6.92 Å². The fourth-order valence-electron chi connectivity index (χ4n) is 0.730. The van der Waals surface area contributed by atoms with Crippen LogP contribution in [-0.4, -0.2) is 11.1 Å². The maximum absolute atomic E-state index is 11.0. The monoisotopic (exact) mass is 178 g/mol. The number of aromatic hydroxyl groups is 1. The molecule has 0 spiro atoms. The molecule has 0 atom stereocenters. The number of hydrogen-bond donors (Lipinski definition) is 1. The van der Waals surface area contributed by atoms with E-state index < -0.39 is 5.97 Å². The van der Waals surface area contributed by atoms with E-state index in [1.165, 1.54) is 12.1 Å². The highest BCUT2D eigenvalue weighted by molar-refractivity contribution is 5.89. The van der Waals surface area contributed by atoms with Crippen molar-refractivity contribution in [3.63, 3.8) is 0 Å². The van der Waals surface area contributed by atoms with Gasteiger partial charge in [-0.05, 0) is 19.1 Å². The van der Waals surface area contributed by atoms with Gasteiger partial charge in [0.15, 0.2) is 11.5 Å². The Hall–Kier alpha value is -1.77. The van der Waals surface area contributed by atoms with Gasteiger partial charge in [0.1, 0.15) is 0 Å². The second-order valence-electron chi connectivity index (χ2n) is 2.64. The SMILES string of the molecule is C=C(C)C(=O)Oc1ccccc1O. The van der Waals surface area contributed by atoms with E-state index in [1.54, 1.807) is 19.1 Å². The Labute approximate surface area is 76.3 Å². The highest BCUT2D eigenvalue weighted by Crippen LogP contribution is 2.24. The van der Waals surface area contributed by atoms with Crippen LogP contribution >= 0.6 is 0 Å². The molecule has 0 unspecified atom stereocenters. The van der Waals surface area contributed by atoms with E-state index >= 15 is 0 Å². The number of benzene rings is 1. The van der Waals surface area contributed by atoms with Crippen LogP contribution in [0.25, 0.3) is 0 Å². The first-order chi connectivity index (χ1) is 6.11. The highest BCUT2D eigenvalue weighted by Gasteiger charge is 2.07. The van der Waals surface area contributed by atoms with Gasteiger partial charge in [-0.25, -0.2) is 4.79 Å². The first-order valence-electron chi connectivity index (χ1n) is 3.77. The lowest BCUT2D eigenvalue weighted by Crippen LogP contribution is -2.08. The third-order valence-electron chi connectivity index (χ3n) is 1.42. The van der Waals surface area contributed by atoms with Crippen LogP contribution in [0.5, 0.6) is 11.5 Å². The van der Waals surface area contributed by atoms with Crippen molar-refractivity contribution in [2.24, 2.45) is 0 Å². The molecule has 0 amide bonds. The first kappa shape index (κ1) is 9.32. The summed E-state index contributed by atoms with van der Waals surface area (Å²) in [5.41, 5.74) is 0.295. The van der Waals surface area contributed by atoms with Crippen LogP contribution in [0.15, 0.2) is 36.4 Å². The van der Waals surface area contributed by atoms with Gasteiger partial charge in [-0.2, -0.15) is 0 Å². The van der Waals surface area contributed by atoms with Crippen LogP contribution in [0.1, 0.15) is 6.92 Å². The van der Waals surface area contributed by atoms with E-state index in [2.05, 4.69) is 6.58 Å². The molecule has 0 aliphatic carbocycles. The molecular formula is C10H10O3. The molecule has 1 rings (SSSR count). The fourth-order valence-corrected chi connectivity index (χ4v) is 0.730. The zero-order valence-electron chi connectivity index (χ0n) is 7.28. The van der Waals surface area contributed by atoms with E-state index in [0.717, 1.165) is 0 Å².